The van der Waals surface area contributed by atoms with Crippen molar-refractivity contribution in [2.24, 2.45) is 0 Å². The highest BCUT2D eigenvalue weighted by Crippen LogP contribution is 2.01. The van der Waals surface area contributed by atoms with Gasteiger partial charge in [-0.3, -0.25) is 0 Å². The highest BCUT2D eigenvalue weighted by atomic mass is 19.1. The van der Waals surface area contributed by atoms with Gasteiger partial charge in [-0.2, -0.15) is 0 Å². The fraction of sp³-hybridized carbons (Fsp3) is 0.800. The number of hydrogen-bond donors (Lipinski definition) is 3. The van der Waals surface area contributed by atoms with Gasteiger partial charge in [-0.25, -0.2) is 9.18 Å². The van der Waals surface area contributed by atoms with Crippen LogP contribution in [0.5, 0.6) is 0 Å². The van der Waals surface area contributed by atoms with E-state index in [-0.39, 0.29) is 0 Å². The summed E-state index contributed by atoms with van der Waals surface area (Å²) in [6, 6.07) is 0. The number of hydrogen-bond acceptors (Lipinski definition) is 3. The summed E-state index contributed by atoms with van der Waals surface area (Å²) in [4.78, 5) is 9.78. The molecule has 0 aliphatic heterocycles. The van der Waals surface area contributed by atoms with Gasteiger partial charge in [-0.15, -0.1) is 0 Å². The molecule has 0 aliphatic carbocycles. The summed E-state index contributed by atoms with van der Waals surface area (Å²) < 4.78 is 12.1. The number of rotatable bonds is 4. The molecule has 0 amide bonds. The molecule has 5 heteroatoms. The standard InChI is InChI=1S/C5H9FO4/c6-4(5(9)10)1-3(8)2-7/h3-4,7-8H,1-2H2,(H,9,10). The average Bonchev–Trinajstić information content (AvgIpc) is 1.87. The van der Waals surface area contributed by atoms with Crippen molar-refractivity contribution in [2.75, 3.05) is 6.61 Å². The third-order valence-corrected chi connectivity index (χ3v) is 0.958. The summed E-state index contributed by atoms with van der Waals surface area (Å²) in [7, 11) is 0. The second-order valence-corrected chi connectivity index (χ2v) is 1.88. The number of halogens is 1. The molecule has 0 bridgehead atoms. The van der Waals surface area contributed by atoms with Gasteiger partial charge in [0.1, 0.15) is 0 Å². The molecule has 10 heavy (non-hydrogen) atoms. The van der Waals surface area contributed by atoms with Crippen molar-refractivity contribution in [3.8, 4) is 0 Å². The van der Waals surface area contributed by atoms with E-state index in [0.717, 1.165) is 0 Å². The summed E-state index contributed by atoms with van der Waals surface area (Å²) in [5.41, 5.74) is 0. The Morgan fingerprint density at radius 1 is 1.60 bits per heavy atom. The van der Waals surface area contributed by atoms with E-state index < -0.39 is 31.3 Å². The van der Waals surface area contributed by atoms with E-state index in [1.54, 1.807) is 0 Å². The van der Waals surface area contributed by atoms with Crippen molar-refractivity contribution in [3.05, 3.63) is 0 Å². The lowest BCUT2D eigenvalue weighted by molar-refractivity contribution is -0.144. The first-order valence-electron chi connectivity index (χ1n) is 2.73. The Balaban J connectivity index is 3.56. The smallest absolute Gasteiger partial charge is 0.338 e. The molecule has 2 unspecified atom stereocenters. The lowest BCUT2D eigenvalue weighted by atomic mass is 10.2. The Morgan fingerprint density at radius 3 is 2.40 bits per heavy atom. The quantitative estimate of drug-likeness (QED) is 0.490. The van der Waals surface area contributed by atoms with E-state index in [4.69, 9.17) is 15.3 Å². The predicted molar refractivity (Wildman–Crippen MR) is 30.2 cm³/mol. The Kier molecular flexibility index (Phi) is 3.90. The zero-order chi connectivity index (χ0) is 8.15. The molecule has 60 valence electrons. The third kappa shape index (κ3) is 3.37. The first-order valence-corrected chi connectivity index (χ1v) is 2.73. The van der Waals surface area contributed by atoms with E-state index in [1.807, 2.05) is 0 Å². The maximum absolute atomic E-state index is 12.1. The number of aliphatic carboxylic acids is 1. The number of carboxylic acid groups (broad SMARTS) is 1. The van der Waals surface area contributed by atoms with Crippen LogP contribution in [-0.2, 0) is 4.79 Å². The van der Waals surface area contributed by atoms with Crippen LogP contribution in [0.1, 0.15) is 6.42 Å². The van der Waals surface area contributed by atoms with Crippen molar-refractivity contribution < 1.29 is 24.5 Å². The molecule has 0 aromatic carbocycles. The number of aliphatic hydroxyl groups excluding tert-OH is 2. The monoisotopic (exact) mass is 152 g/mol. The maximum Gasteiger partial charge on any atom is 0.338 e. The van der Waals surface area contributed by atoms with Crippen molar-refractivity contribution >= 4 is 5.97 Å². The zero-order valence-electron chi connectivity index (χ0n) is 5.20. The summed E-state index contributed by atoms with van der Waals surface area (Å²) in [6.45, 7) is -0.617. The number of alkyl halides is 1. The SMILES string of the molecule is O=C(O)C(F)CC(O)CO. The van der Waals surface area contributed by atoms with Crippen LogP contribution in [0.3, 0.4) is 0 Å². The lowest BCUT2D eigenvalue weighted by Crippen LogP contribution is -2.23. The van der Waals surface area contributed by atoms with Crippen LogP contribution in [-0.4, -0.2) is 40.2 Å². The van der Waals surface area contributed by atoms with Gasteiger partial charge in [-0.05, 0) is 0 Å². The first-order chi connectivity index (χ1) is 4.57. The summed E-state index contributed by atoms with van der Waals surface area (Å²) in [5, 5.41) is 24.6. The molecule has 0 aromatic rings. The van der Waals surface area contributed by atoms with Gasteiger partial charge >= 0.3 is 5.97 Å². The second-order valence-electron chi connectivity index (χ2n) is 1.88. The third-order valence-electron chi connectivity index (χ3n) is 0.958. The van der Waals surface area contributed by atoms with E-state index in [9.17, 15) is 9.18 Å². The van der Waals surface area contributed by atoms with Gasteiger partial charge < -0.3 is 15.3 Å². The molecule has 0 spiro atoms. The van der Waals surface area contributed by atoms with E-state index in [2.05, 4.69) is 0 Å². The number of carboxylic acids is 1. The van der Waals surface area contributed by atoms with Gasteiger partial charge in [0, 0.05) is 6.42 Å². The van der Waals surface area contributed by atoms with Crippen LogP contribution >= 0.6 is 0 Å². The molecular weight excluding hydrogens is 143 g/mol. The van der Waals surface area contributed by atoms with Gasteiger partial charge in [0.2, 0.25) is 0 Å². The predicted octanol–water partition coefficient (Wildman–Crippen LogP) is -0.848. The van der Waals surface area contributed by atoms with Crippen LogP contribution in [0, 0.1) is 0 Å². The molecule has 0 fully saturated rings. The molecular formula is C5H9FO4. The normalized spacial score (nSPS) is 16.3. The van der Waals surface area contributed by atoms with Crippen molar-refractivity contribution in [3.63, 3.8) is 0 Å². The van der Waals surface area contributed by atoms with Crippen LogP contribution in [0.15, 0.2) is 0 Å². The molecule has 0 saturated carbocycles. The van der Waals surface area contributed by atoms with Crippen molar-refractivity contribution in [2.45, 2.75) is 18.7 Å². The van der Waals surface area contributed by atoms with Gasteiger partial charge in [-0.1, -0.05) is 0 Å². The van der Waals surface area contributed by atoms with Gasteiger partial charge in [0.15, 0.2) is 6.17 Å². The Morgan fingerprint density at radius 2 is 2.10 bits per heavy atom. The fourth-order valence-corrected chi connectivity index (χ4v) is 0.414. The highest BCUT2D eigenvalue weighted by molar-refractivity contribution is 5.72. The fourth-order valence-electron chi connectivity index (χ4n) is 0.414. The Labute approximate surface area is 56.9 Å². The van der Waals surface area contributed by atoms with Crippen LogP contribution < -0.4 is 0 Å². The van der Waals surface area contributed by atoms with E-state index in [0.29, 0.717) is 0 Å². The van der Waals surface area contributed by atoms with Crippen LogP contribution in [0.25, 0.3) is 0 Å². The average molecular weight is 152 g/mol. The minimum absolute atomic E-state index is 0.564. The Hall–Kier alpha value is -0.680. The topological polar surface area (TPSA) is 77.8 Å². The summed E-state index contributed by atoms with van der Waals surface area (Å²) in [6.07, 6.45) is -3.94. The van der Waals surface area contributed by atoms with E-state index in [1.165, 1.54) is 0 Å². The molecule has 0 radical (unpaired) electrons. The molecule has 0 saturated heterocycles. The number of carbonyl (C=O) groups is 1. The molecule has 3 N–H and O–H groups in total. The minimum Gasteiger partial charge on any atom is -0.479 e. The summed E-state index contributed by atoms with van der Waals surface area (Å²) >= 11 is 0. The zero-order valence-corrected chi connectivity index (χ0v) is 5.20. The second kappa shape index (κ2) is 4.19. The molecule has 0 rings (SSSR count). The van der Waals surface area contributed by atoms with Crippen LogP contribution in [0.4, 0.5) is 4.39 Å². The molecule has 0 aromatic heterocycles. The van der Waals surface area contributed by atoms with Crippen molar-refractivity contribution in [1.29, 1.82) is 0 Å². The molecule has 2 atom stereocenters. The van der Waals surface area contributed by atoms with Gasteiger partial charge in [0.25, 0.3) is 0 Å². The van der Waals surface area contributed by atoms with Crippen molar-refractivity contribution in [1.82, 2.24) is 0 Å². The van der Waals surface area contributed by atoms with Crippen LogP contribution in [0.2, 0.25) is 0 Å². The first kappa shape index (κ1) is 9.32. The largest absolute Gasteiger partial charge is 0.479 e. The Bertz CT molecular complexity index is 116. The number of aliphatic hydroxyl groups is 2. The maximum atomic E-state index is 12.1. The minimum atomic E-state index is -2.10. The summed E-state index contributed by atoms with van der Waals surface area (Å²) in [5.74, 6) is -1.62. The highest BCUT2D eigenvalue weighted by Gasteiger charge is 2.19. The molecule has 0 aliphatic rings. The molecule has 4 nitrogen and oxygen atoms in total. The van der Waals surface area contributed by atoms with E-state index >= 15 is 0 Å². The molecule has 0 heterocycles. The van der Waals surface area contributed by atoms with Gasteiger partial charge in [0.05, 0.1) is 12.7 Å². The lowest BCUT2D eigenvalue weighted by Gasteiger charge is -2.06.